The number of carbonyl (C=O) groups is 2. The van der Waals surface area contributed by atoms with Crippen LogP contribution in [-0.2, 0) is 4.79 Å². The highest BCUT2D eigenvalue weighted by Gasteiger charge is 2.39. The van der Waals surface area contributed by atoms with Gasteiger partial charge in [0, 0.05) is 31.0 Å². The van der Waals surface area contributed by atoms with Crippen molar-refractivity contribution in [1.29, 1.82) is 0 Å². The number of ketones is 1. The summed E-state index contributed by atoms with van der Waals surface area (Å²) in [5.41, 5.74) is 0.706. The van der Waals surface area contributed by atoms with Crippen LogP contribution in [0.15, 0.2) is 10.6 Å². The molecule has 2 unspecified atom stereocenters. The number of nitrogens with zero attached hydrogens (tertiary/aromatic N) is 2. The van der Waals surface area contributed by atoms with Gasteiger partial charge in [-0.15, -0.1) is 0 Å². The molecule has 2 aliphatic rings. The molecule has 1 aromatic heterocycles. The van der Waals surface area contributed by atoms with Gasteiger partial charge in [-0.05, 0) is 32.6 Å². The minimum atomic E-state index is -0.119. The van der Waals surface area contributed by atoms with Gasteiger partial charge >= 0.3 is 0 Å². The van der Waals surface area contributed by atoms with Crippen molar-refractivity contribution in [3.05, 3.63) is 17.5 Å². The van der Waals surface area contributed by atoms with Crippen LogP contribution in [0.2, 0.25) is 0 Å². The van der Waals surface area contributed by atoms with E-state index in [2.05, 4.69) is 5.16 Å². The molecule has 5 nitrogen and oxygen atoms in total. The summed E-state index contributed by atoms with van der Waals surface area (Å²) >= 11 is 0. The maximum absolute atomic E-state index is 12.5. The molecule has 1 aliphatic heterocycles. The molecule has 0 spiro atoms. The number of rotatable bonds is 2. The molecule has 5 heteroatoms. The topological polar surface area (TPSA) is 63.4 Å². The largest absolute Gasteiger partial charge is 0.351 e. The molecular weight excluding hydrogens is 256 g/mol. The van der Waals surface area contributed by atoms with E-state index in [0.717, 1.165) is 32.1 Å². The molecule has 0 bridgehead atoms. The molecule has 2 heterocycles. The molecule has 1 amide bonds. The molecule has 1 saturated heterocycles. The third-order valence-electron chi connectivity index (χ3n) is 4.47. The third-order valence-corrected chi connectivity index (χ3v) is 4.47. The van der Waals surface area contributed by atoms with E-state index in [4.69, 9.17) is 4.52 Å². The lowest BCUT2D eigenvalue weighted by Gasteiger charge is -2.32. The van der Waals surface area contributed by atoms with Crippen LogP contribution < -0.4 is 0 Å². The second-order valence-corrected chi connectivity index (χ2v) is 5.86. The summed E-state index contributed by atoms with van der Waals surface area (Å²) in [6.07, 6.45) is 5.57. The maximum atomic E-state index is 12.5. The molecule has 0 N–H and O–H groups in total. The fourth-order valence-corrected chi connectivity index (χ4v) is 3.49. The predicted molar refractivity (Wildman–Crippen MR) is 72.3 cm³/mol. The fraction of sp³-hybridized carbons (Fsp3) is 0.667. The first-order chi connectivity index (χ1) is 9.66. The Morgan fingerprint density at radius 1 is 1.35 bits per heavy atom. The predicted octanol–water partition coefficient (Wildman–Crippen LogP) is 2.35. The summed E-state index contributed by atoms with van der Waals surface area (Å²) in [7, 11) is 0. The second-order valence-electron chi connectivity index (χ2n) is 5.86. The Balaban J connectivity index is 1.78. The highest BCUT2D eigenvalue weighted by molar-refractivity contribution is 5.92. The van der Waals surface area contributed by atoms with E-state index in [1.807, 2.05) is 4.90 Å². The van der Waals surface area contributed by atoms with E-state index in [1.165, 1.54) is 0 Å². The third kappa shape index (κ3) is 2.37. The molecule has 1 saturated carbocycles. The molecule has 0 radical (unpaired) electrons. The van der Waals surface area contributed by atoms with E-state index in [9.17, 15) is 9.59 Å². The van der Waals surface area contributed by atoms with Crippen LogP contribution in [0.25, 0.3) is 0 Å². The van der Waals surface area contributed by atoms with Crippen molar-refractivity contribution in [2.45, 2.75) is 51.5 Å². The highest BCUT2D eigenvalue weighted by atomic mass is 16.5. The van der Waals surface area contributed by atoms with Gasteiger partial charge in [-0.25, -0.2) is 0 Å². The minimum Gasteiger partial charge on any atom is -0.351 e. The van der Waals surface area contributed by atoms with Crippen molar-refractivity contribution in [3.8, 4) is 0 Å². The van der Waals surface area contributed by atoms with Crippen LogP contribution in [0.4, 0.5) is 0 Å². The molecule has 3 rings (SSSR count). The van der Waals surface area contributed by atoms with Crippen molar-refractivity contribution in [1.82, 2.24) is 10.1 Å². The lowest BCUT2D eigenvalue weighted by molar-refractivity contribution is -0.126. The van der Waals surface area contributed by atoms with E-state index < -0.39 is 0 Å². The number of likely N-dealkylation sites (tertiary alicyclic amines) is 1. The lowest BCUT2D eigenvalue weighted by atomic mass is 9.82. The van der Waals surface area contributed by atoms with Gasteiger partial charge in [-0.2, -0.15) is 0 Å². The standard InChI is InChI=1S/C15H20N2O3/c1-10-9-14(20-16-10)15(19)17-8-4-6-12(17)11-5-2-3-7-13(11)18/h9,11-12H,2-8H2,1H3. The fourth-order valence-electron chi connectivity index (χ4n) is 3.49. The quantitative estimate of drug-likeness (QED) is 0.831. The highest BCUT2D eigenvalue weighted by Crippen LogP contribution is 2.33. The van der Waals surface area contributed by atoms with E-state index >= 15 is 0 Å². The zero-order valence-electron chi connectivity index (χ0n) is 11.8. The second kappa shape index (κ2) is 5.38. The number of Topliss-reactive ketones (excluding diaryl/α,β-unsaturated/α-hetero) is 1. The van der Waals surface area contributed by atoms with Gasteiger partial charge in [0.05, 0.1) is 5.69 Å². The first kappa shape index (κ1) is 13.3. The first-order valence-corrected chi connectivity index (χ1v) is 7.44. The van der Waals surface area contributed by atoms with Crippen molar-refractivity contribution in [3.63, 3.8) is 0 Å². The Morgan fingerprint density at radius 2 is 2.20 bits per heavy atom. The number of aromatic nitrogens is 1. The number of aryl methyl sites for hydroxylation is 1. The number of hydrogen-bond acceptors (Lipinski definition) is 4. The number of hydrogen-bond donors (Lipinski definition) is 0. The van der Waals surface area contributed by atoms with Gasteiger partial charge in [-0.1, -0.05) is 11.6 Å². The van der Waals surface area contributed by atoms with Crippen LogP contribution in [0.5, 0.6) is 0 Å². The van der Waals surface area contributed by atoms with Crippen molar-refractivity contribution < 1.29 is 14.1 Å². The SMILES string of the molecule is Cc1cc(C(=O)N2CCCC2C2CCCCC2=O)on1. The van der Waals surface area contributed by atoms with Gasteiger partial charge < -0.3 is 9.42 Å². The molecule has 2 atom stereocenters. The van der Waals surface area contributed by atoms with Crippen LogP contribution >= 0.6 is 0 Å². The molecule has 1 aromatic rings. The van der Waals surface area contributed by atoms with Crippen molar-refractivity contribution >= 4 is 11.7 Å². The number of amides is 1. The monoisotopic (exact) mass is 276 g/mol. The van der Waals surface area contributed by atoms with Crippen LogP contribution in [0.3, 0.4) is 0 Å². The minimum absolute atomic E-state index is 0.0271. The van der Waals surface area contributed by atoms with Gasteiger partial charge in [-0.3, -0.25) is 9.59 Å². The zero-order chi connectivity index (χ0) is 14.1. The van der Waals surface area contributed by atoms with E-state index in [0.29, 0.717) is 24.4 Å². The first-order valence-electron chi connectivity index (χ1n) is 7.44. The average Bonchev–Trinajstić information content (AvgIpc) is 3.07. The van der Waals surface area contributed by atoms with Gasteiger partial charge in [0.1, 0.15) is 5.78 Å². The molecule has 1 aliphatic carbocycles. The number of carbonyl (C=O) groups excluding carboxylic acids is 2. The summed E-state index contributed by atoms with van der Waals surface area (Å²) in [6, 6.07) is 1.72. The van der Waals surface area contributed by atoms with E-state index in [-0.39, 0.29) is 23.6 Å². The molecule has 2 fully saturated rings. The normalized spacial score (nSPS) is 27.1. The van der Waals surface area contributed by atoms with Crippen molar-refractivity contribution in [2.24, 2.45) is 5.92 Å². The van der Waals surface area contributed by atoms with E-state index in [1.54, 1.807) is 13.0 Å². The van der Waals surface area contributed by atoms with Gasteiger partial charge in [0.25, 0.3) is 5.91 Å². The Hall–Kier alpha value is -1.65. The molecular formula is C15H20N2O3. The Kier molecular flexibility index (Phi) is 3.59. The molecule has 108 valence electrons. The van der Waals surface area contributed by atoms with Gasteiger partial charge in [0.15, 0.2) is 0 Å². The average molecular weight is 276 g/mol. The molecule has 0 aromatic carbocycles. The van der Waals surface area contributed by atoms with Crippen LogP contribution in [0, 0.1) is 12.8 Å². The molecule has 20 heavy (non-hydrogen) atoms. The smallest absolute Gasteiger partial charge is 0.292 e. The lowest BCUT2D eigenvalue weighted by Crippen LogP contribution is -2.43. The maximum Gasteiger partial charge on any atom is 0.292 e. The van der Waals surface area contributed by atoms with Crippen LogP contribution in [0.1, 0.15) is 54.8 Å². The van der Waals surface area contributed by atoms with Gasteiger partial charge in [0.2, 0.25) is 5.76 Å². The van der Waals surface area contributed by atoms with Crippen LogP contribution in [-0.4, -0.2) is 34.3 Å². The van der Waals surface area contributed by atoms with Crippen molar-refractivity contribution in [2.75, 3.05) is 6.54 Å². The summed E-state index contributed by atoms with van der Waals surface area (Å²) in [6.45, 7) is 2.51. The summed E-state index contributed by atoms with van der Waals surface area (Å²) in [5.74, 6) is 0.526. The zero-order valence-corrected chi connectivity index (χ0v) is 11.8. The summed E-state index contributed by atoms with van der Waals surface area (Å²) < 4.78 is 5.07. The summed E-state index contributed by atoms with van der Waals surface area (Å²) in [4.78, 5) is 26.4. The summed E-state index contributed by atoms with van der Waals surface area (Å²) in [5, 5.41) is 3.77. The Bertz CT molecular complexity index is 523. The Labute approximate surface area is 118 Å². The Morgan fingerprint density at radius 3 is 2.90 bits per heavy atom.